The molecule has 0 spiro atoms. The molecule has 0 bridgehead atoms. The molecule has 1 atom stereocenters. The Hall–Kier alpha value is -1.19. The Kier molecular flexibility index (Phi) is 8.28. The molecule has 0 aromatic rings. The third-order valence-corrected chi connectivity index (χ3v) is 2.24. The van der Waals surface area contributed by atoms with Gasteiger partial charge in [-0.15, -0.1) is 0 Å². The van der Waals surface area contributed by atoms with Crippen LogP contribution < -0.4 is 0 Å². The minimum atomic E-state index is -4.87. The van der Waals surface area contributed by atoms with Crippen molar-refractivity contribution in [1.29, 1.82) is 0 Å². The van der Waals surface area contributed by atoms with Gasteiger partial charge < -0.3 is 9.47 Å². The van der Waals surface area contributed by atoms with Gasteiger partial charge in [-0.1, -0.05) is 13.8 Å². The zero-order chi connectivity index (χ0) is 14.9. The van der Waals surface area contributed by atoms with Crippen LogP contribution in [0.5, 0.6) is 0 Å². The molecule has 0 aliphatic heterocycles. The number of ether oxygens (including phenoxy) is 2. The fourth-order valence-electron chi connectivity index (χ4n) is 1.03. The van der Waals surface area contributed by atoms with Crippen LogP contribution in [0.1, 0.15) is 33.1 Å². The summed E-state index contributed by atoms with van der Waals surface area (Å²) in [5, 5.41) is 0. The van der Waals surface area contributed by atoms with E-state index in [1.807, 2.05) is 0 Å². The van der Waals surface area contributed by atoms with Crippen LogP contribution in [0.2, 0.25) is 0 Å². The molecule has 0 aromatic carbocycles. The van der Waals surface area contributed by atoms with Crippen LogP contribution in [0.25, 0.3) is 0 Å². The number of hydrogen-bond acceptors (Lipinski definition) is 7. The third-order valence-electron chi connectivity index (χ3n) is 1.77. The first-order valence-corrected chi connectivity index (χ1v) is 7.14. The predicted octanol–water partition coefficient (Wildman–Crippen LogP) is 0.471. The van der Waals surface area contributed by atoms with E-state index in [-0.39, 0.29) is 13.2 Å². The van der Waals surface area contributed by atoms with Gasteiger partial charge in [0.1, 0.15) is 0 Å². The lowest BCUT2D eigenvalue weighted by molar-refractivity contribution is -0.158. The average Bonchev–Trinajstić information content (AvgIpc) is 2.30. The summed E-state index contributed by atoms with van der Waals surface area (Å²) < 4.78 is 43.2. The van der Waals surface area contributed by atoms with Crippen LogP contribution in [0.15, 0.2) is 0 Å². The number of carbonyl (C=O) groups excluding carboxylic acids is 2. The van der Waals surface area contributed by atoms with Gasteiger partial charge in [-0.05, 0) is 12.8 Å². The van der Waals surface area contributed by atoms with E-state index in [9.17, 15) is 18.0 Å². The fourth-order valence-corrected chi connectivity index (χ4v) is 1.47. The molecule has 112 valence electrons. The highest BCUT2D eigenvalue weighted by molar-refractivity contribution is 7.80. The molecule has 19 heavy (non-hydrogen) atoms. The zero-order valence-corrected chi connectivity index (χ0v) is 11.6. The summed E-state index contributed by atoms with van der Waals surface area (Å²) in [6.45, 7) is 3.70. The minimum Gasteiger partial charge on any atom is -0.466 e. The van der Waals surface area contributed by atoms with E-state index >= 15 is 0 Å². The lowest BCUT2D eigenvalue weighted by atomic mass is 10.2. The Bertz CT molecular complexity index is 388. The molecule has 0 saturated carbocycles. The Morgan fingerprint density at radius 2 is 1.63 bits per heavy atom. The van der Waals surface area contributed by atoms with E-state index in [0.717, 1.165) is 0 Å². The Morgan fingerprint density at radius 1 is 1.11 bits per heavy atom. The van der Waals surface area contributed by atoms with Crippen molar-refractivity contribution in [1.82, 2.24) is 0 Å². The van der Waals surface area contributed by atoms with Crippen LogP contribution in [-0.4, -0.2) is 44.2 Å². The lowest BCUT2D eigenvalue weighted by Gasteiger charge is -2.13. The van der Waals surface area contributed by atoms with E-state index in [4.69, 9.17) is 4.55 Å². The Balaban J connectivity index is 4.58. The first-order valence-electron chi connectivity index (χ1n) is 5.78. The van der Waals surface area contributed by atoms with Crippen LogP contribution in [0, 0.1) is 0 Å². The van der Waals surface area contributed by atoms with E-state index in [1.54, 1.807) is 13.8 Å². The minimum absolute atomic E-state index is 0.0498. The molecule has 9 heteroatoms. The highest BCUT2D eigenvalue weighted by Gasteiger charge is 2.29. The van der Waals surface area contributed by atoms with Crippen LogP contribution in [-0.2, 0) is 33.6 Å². The second-order valence-corrected chi connectivity index (χ2v) is 4.65. The van der Waals surface area contributed by atoms with Gasteiger partial charge in [0.15, 0.2) is 6.10 Å². The normalized spacial score (nSPS) is 12.8. The van der Waals surface area contributed by atoms with Gasteiger partial charge in [0.2, 0.25) is 0 Å². The summed E-state index contributed by atoms with van der Waals surface area (Å²) in [4.78, 5) is 22.7. The smallest absolute Gasteiger partial charge is 0.398 e. The summed E-state index contributed by atoms with van der Waals surface area (Å²) in [7, 11) is -4.87. The van der Waals surface area contributed by atoms with Crippen LogP contribution >= 0.6 is 0 Å². The molecule has 0 aliphatic rings. The third kappa shape index (κ3) is 9.40. The van der Waals surface area contributed by atoms with E-state index in [1.165, 1.54) is 0 Å². The van der Waals surface area contributed by atoms with Crippen molar-refractivity contribution in [2.24, 2.45) is 0 Å². The predicted molar refractivity (Wildman–Crippen MR) is 63.5 cm³/mol. The maximum Gasteiger partial charge on any atom is 0.398 e. The molecule has 0 fully saturated rings. The van der Waals surface area contributed by atoms with Gasteiger partial charge in [-0.2, -0.15) is 8.42 Å². The van der Waals surface area contributed by atoms with Crippen molar-refractivity contribution in [3.8, 4) is 0 Å². The zero-order valence-electron chi connectivity index (χ0n) is 10.8. The van der Waals surface area contributed by atoms with Crippen molar-refractivity contribution in [2.45, 2.75) is 39.2 Å². The number of esters is 2. The molecule has 0 radical (unpaired) electrons. The molecular weight excluding hydrogens is 280 g/mol. The first-order chi connectivity index (χ1) is 8.80. The monoisotopic (exact) mass is 298 g/mol. The maximum atomic E-state index is 11.5. The summed E-state index contributed by atoms with van der Waals surface area (Å²) in [6, 6.07) is 0. The van der Waals surface area contributed by atoms with Crippen molar-refractivity contribution in [2.75, 3.05) is 13.2 Å². The summed E-state index contributed by atoms with van der Waals surface area (Å²) in [5.41, 5.74) is 0. The Labute approximate surface area is 112 Å². The van der Waals surface area contributed by atoms with E-state index in [2.05, 4.69) is 13.7 Å². The lowest BCUT2D eigenvalue weighted by Crippen LogP contribution is -2.32. The molecule has 1 N–H and O–H groups in total. The number of hydrogen-bond donors (Lipinski definition) is 1. The van der Waals surface area contributed by atoms with E-state index < -0.39 is 34.9 Å². The van der Waals surface area contributed by atoms with Crippen LogP contribution in [0.3, 0.4) is 0 Å². The van der Waals surface area contributed by atoms with Crippen LogP contribution in [0.4, 0.5) is 0 Å². The highest BCUT2D eigenvalue weighted by Crippen LogP contribution is 2.07. The number of rotatable bonds is 9. The van der Waals surface area contributed by atoms with Gasteiger partial charge in [0, 0.05) is 0 Å². The standard InChI is InChI=1S/C10H18O8S/c1-3-5-16-9(11)7-8(18-19(13,14)15)10(12)17-6-4-2/h8H,3-7H2,1-2H3,(H,13,14,15). The van der Waals surface area contributed by atoms with Crippen molar-refractivity contribution >= 4 is 22.3 Å². The van der Waals surface area contributed by atoms with Crippen molar-refractivity contribution in [3.63, 3.8) is 0 Å². The van der Waals surface area contributed by atoms with E-state index in [0.29, 0.717) is 12.8 Å². The topological polar surface area (TPSA) is 116 Å². The molecule has 0 amide bonds. The molecule has 0 saturated heterocycles. The van der Waals surface area contributed by atoms with Crippen molar-refractivity contribution in [3.05, 3.63) is 0 Å². The SMILES string of the molecule is CCCOC(=O)CC(OS(=O)(=O)O)C(=O)OCCC. The van der Waals surface area contributed by atoms with Crippen molar-refractivity contribution < 1.29 is 36.2 Å². The molecule has 8 nitrogen and oxygen atoms in total. The summed E-state index contributed by atoms with van der Waals surface area (Å²) in [6.07, 6.45) is -1.30. The fraction of sp³-hybridized carbons (Fsp3) is 0.800. The van der Waals surface area contributed by atoms with Gasteiger partial charge in [0.25, 0.3) is 0 Å². The van der Waals surface area contributed by atoms with Gasteiger partial charge in [0.05, 0.1) is 19.6 Å². The highest BCUT2D eigenvalue weighted by atomic mass is 32.3. The first kappa shape index (κ1) is 17.8. The largest absolute Gasteiger partial charge is 0.466 e. The molecule has 0 aromatic heterocycles. The molecule has 0 rings (SSSR count). The maximum absolute atomic E-state index is 11.5. The van der Waals surface area contributed by atoms with Gasteiger partial charge in [-0.25, -0.2) is 8.98 Å². The molecule has 0 aliphatic carbocycles. The van der Waals surface area contributed by atoms with Gasteiger partial charge in [-0.3, -0.25) is 9.35 Å². The molecule has 1 unspecified atom stereocenters. The second kappa shape index (κ2) is 8.83. The Morgan fingerprint density at radius 3 is 2.11 bits per heavy atom. The quantitative estimate of drug-likeness (QED) is 0.482. The molecule has 0 heterocycles. The van der Waals surface area contributed by atoms with Gasteiger partial charge >= 0.3 is 22.3 Å². The number of carbonyl (C=O) groups is 2. The summed E-state index contributed by atoms with van der Waals surface area (Å²) >= 11 is 0. The second-order valence-electron chi connectivity index (χ2n) is 3.60. The molecular formula is C10H18O8S. The average molecular weight is 298 g/mol. The summed E-state index contributed by atoms with van der Waals surface area (Å²) in [5.74, 6) is -1.86.